The summed E-state index contributed by atoms with van der Waals surface area (Å²) in [4.78, 5) is 4.09. The lowest BCUT2D eigenvalue weighted by atomic mass is 10.1. The van der Waals surface area contributed by atoms with Gasteiger partial charge in [0.15, 0.2) is 0 Å². The van der Waals surface area contributed by atoms with Gasteiger partial charge >= 0.3 is 0 Å². The van der Waals surface area contributed by atoms with Gasteiger partial charge in [-0.2, -0.15) is 5.10 Å². The van der Waals surface area contributed by atoms with E-state index in [2.05, 4.69) is 10.1 Å². The first-order chi connectivity index (χ1) is 8.22. The number of halogens is 1. The molecule has 0 saturated heterocycles. The van der Waals surface area contributed by atoms with Crippen molar-refractivity contribution >= 4 is 11.6 Å². The molecule has 0 spiro atoms. The van der Waals surface area contributed by atoms with Gasteiger partial charge in [-0.25, -0.2) is 0 Å². The fourth-order valence-corrected chi connectivity index (χ4v) is 2.09. The van der Waals surface area contributed by atoms with Crippen molar-refractivity contribution in [3.63, 3.8) is 0 Å². The molecule has 2 heterocycles. The van der Waals surface area contributed by atoms with Gasteiger partial charge in [-0.1, -0.05) is 17.7 Å². The Morgan fingerprint density at radius 2 is 2.29 bits per heavy atom. The van der Waals surface area contributed by atoms with Crippen LogP contribution in [0.25, 0.3) is 0 Å². The van der Waals surface area contributed by atoms with Crippen LogP contribution in [0.3, 0.4) is 0 Å². The maximum Gasteiger partial charge on any atom is 0.104 e. The summed E-state index contributed by atoms with van der Waals surface area (Å²) in [5, 5.41) is 4.74. The van der Waals surface area contributed by atoms with E-state index in [9.17, 15) is 0 Å². The Morgan fingerprint density at radius 1 is 1.47 bits per heavy atom. The van der Waals surface area contributed by atoms with E-state index in [1.54, 1.807) is 24.2 Å². The molecule has 0 N–H and O–H groups in total. The summed E-state index contributed by atoms with van der Waals surface area (Å²) in [5.74, 6) is 0. The first-order valence-electron chi connectivity index (χ1n) is 5.31. The van der Waals surface area contributed by atoms with Crippen molar-refractivity contribution in [1.29, 1.82) is 0 Å². The van der Waals surface area contributed by atoms with Crippen LogP contribution in [-0.2, 0) is 18.2 Å². The van der Waals surface area contributed by atoms with Crippen molar-refractivity contribution in [3.05, 3.63) is 47.0 Å². The number of hydrogen-bond donors (Lipinski definition) is 0. The summed E-state index contributed by atoms with van der Waals surface area (Å²) in [6.45, 7) is 0. The maximum absolute atomic E-state index is 6.11. The van der Waals surface area contributed by atoms with Crippen molar-refractivity contribution in [2.45, 2.75) is 12.5 Å². The van der Waals surface area contributed by atoms with E-state index in [1.165, 1.54) is 0 Å². The Bertz CT molecular complexity index is 464. The number of hydrogen-bond acceptors (Lipinski definition) is 3. The molecule has 0 bridgehead atoms. The van der Waals surface area contributed by atoms with Crippen molar-refractivity contribution in [1.82, 2.24) is 14.8 Å². The lowest BCUT2D eigenvalue weighted by Gasteiger charge is -2.16. The van der Waals surface area contributed by atoms with E-state index in [1.807, 2.05) is 25.4 Å². The maximum atomic E-state index is 6.11. The van der Waals surface area contributed by atoms with Crippen LogP contribution in [0.4, 0.5) is 0 Å². The molecule has 0 amide bonds. The molecular formula is C12H14ClN3O. The summed E-state index contributed by atoms with van der Waals surface area (Å²) in [6.07, 6.45) is 5.83. The Hall–Kier alpha value is -1.39. The molecule has 2 aromatic heterocycles. The molecular weight excluding hydrogens is 238 g/mol. The Kier molecular flexibility index (Phi) is 3.76. The molecule has 0 aliphatic rings. The predicted octanol–water partition coefficient (Wildman–Crippen LogP) is 2.40. The van der Waals surface area contributed by atoms with Gasteiger partial charge in [-0.05, 0) is 11.6 Å². The lowest BCUT2D eigenvalue weighted by Crippen LogP contribution is -2.11. The summed E-state index contributed by atoms with van der Waals surface area (Å²) >= 11 is 6.11. The normalized spacial score (nSPS) is 12.6. The molecule has 0 aromatic carbocycles. The summed E-state index contributed by atoms with van der Waals surface area (Å²) in [6, 6.07) is 3.93. The fourth-order valence-electron chi connectivity index (χ4n) is 1.81. The van der Waals surface area contributed by atoms with Crippen molar-refractivity contribution in [3.8, 4) is 0 Å². The molecule has 1 unspecified atom stereocenters. The van der Waals surface area contributed by atoms with E-state index >= 15 is 0 Å². The summed E-state index contributed by atoms with van der Waals surface area (Å²) in [5.41, 5.74) is 2.00. The molecule has 0 saturated carbocycles. The largest absolute Gasteiger partial charge is 0.375 e. The van der Waals surface area contributed by atoms with Crippen LogP contribution in [0.15, 0.2) is 30.7 Å². The number of ether oxygens (including phenoxy) is 1. The van der Waals surface area contributed by atoms with E-state index in [0.717, 1.165) is 17.7 Å². The molecule has 0 aliphatic heterocycles. The number of aryl methyl sites for hydroxylation is 1. The number of pyridine rings is 1. The van der Waals surface area contributed by atoms with Crippen LogP contribution in [0.1, 0.15) is 17.4 Å². The number of rotatable bonds is 4. The minimum absolute atomic E-state index is 0.112. The second kappa shape index (κ2) is 5.29. The third kappa shape index (κ3) is 2.65. The van der Waals surface area contributed by atoms with E-state index in [0.29, 0.717) is 5.02 Å². The van der Waals surface area contributed by atoms with Crippen LogP contribution >= 0.6 is 11.6 Å². The van der Waals surface area contributed by atoms with Crippen LogP contribution in [0, 0.1) is 0 Å². The van der Waals surface area contributed by atoms with Gasteiger partial charge in [0.1, 0.15) is 6.10 Å². The standard InChI is InChI=1S/C12H14ClN3O/c1-16-12(10(13)8-15-16)11(17-2)6-9-4-3-5-14-7-9/h3-5,7-8,11H,6H2,1-2H3. The highest BCUT2D eigenvalue weighted by Gasteiger charge is 2.19. The van der Waals surface area contributed by atoms with E-state index in [-0.39, 0.29) is 6.10 Å². The van der Waals surface area contributed by atoms with Crippen LogP contribution in [-0.4, -0.2) is 21.9 Å². The van der Waals surface area contributed by atoms with Crippen molar-refractivity contribution in [2.24, 2.45) is 7.05 Å². The highest BCUT2D eigenvalue weighted by atomic mass is 35.5. The average Bonchev–Trinajstić information content (AvgIpc) is 2.68. The molecule has 90 valence electrons. The van der Waals surface area contributed by atoms with Gasteiger partial charge in [0, 0.05) is 33.0 Å². The average molecular weight is 252 g/mol. The Morgan fingerprint density at radius 3 is 2.82 bits per heavy atom. The topological polar surface area (TPSA) is 39.9 Å². The van der Waals surface area contributed by atoms with Crippen molar-refractivity contribution < 1.29 is 4.74 Å². The summed E-state index contributed by atoms with van der Waals surface area (Å²) in [7, 11) is 3.53. The van der Waals surface area contributed by atoms with Crippen LogP contribution in [0.5, 0.6) is 0 Å². The molecule has 17 heavy (non-hydrogen) atoms. The number of methoxy groups -OCH3 is 1. The molecule has 5 heteroatoms. The monoisotopic (exact) mass is 251 g/mol. The Balaban J connectivity index is 2.23. The smallest absolute Gasteiger partial charge is 0.104 e. The number of nitrogens with zero attached hydrogens (tertiary/aromatic N) is 3. The Labute approximate surface area is 105 Å². The third-order valence-corrected chi connectivity index (χ3v) is 2.96. The first kappa shape index (κ1) is 12.1. The molecule has 0 aliphatic carbocycles. The zero-order valence-electron chi connectivity index (χ0n) is 9.80. The van der Waals surface area contributed by atoms with Crippen molar-refractivity contribution in [2.75, 3.05) is 7.11 Å². The highest BCUT2D eigenvalue weighted by Crippen LogP contribution is 2.27. The molecule has 1 atom stereocenters. The molecule has 2 rings (SSSR count). The minimum atomic E-state index is -0.112. The zero-order chi connectivity index (χ0) is 12.3. The quantitative estimate of drug-likeness (QED) is 0.838. The predicted molar refractivity (Wildman–Crippen MR) is 65.9 cm³/mol. The van der Waals surface area contributed by atoms with Crippen LogP contribution < -0.4 is 0 Å². The summed E-state index contributed by atoms with van der Waals surface area (Å²) < 4.78 is 7.23. The highest BCUT2D eigenvalue weighted by molar-refractivity contribution is 6.31. The SMILES string of the molecule is COC(Cc1cccnc1)c1c(Cl)cnn1C. The first-order valence-corrected chi connectivity index (χ1v) is 5.69. The van der Waals surface area contributed by atoms with Crippen LogP contribution in [0.2, 0.25) is 5.02 Å². The van der Waals surface area contributed by atoms with E-state index < -0.39 is 0 Å². The molecule has 0 fully saturated rings. The second-order valence-corrected chi connectivity index (χ2v) is 4.20. The number of aromatic nitrogens is 3. The molecule has 4 nitrogen and oxygen atoms in total. The third-order valence-electron chi connectivity index (χ3n) is 2.67. The minimum Gasteiger partial charge on any atom is -0.375 e. The van der Waals surface area contributed by atoms with Gasteiger partial charge in [0.05, 0.1) is 16.9 Å². The fraction of sp³-hybridized carbons (Fsp3) is 0.333. The lowest BCUT2D eigenvalue weighted by molar-refractivity contribution is 0.0966. The molecule has 0 radical (unpaired) electrons. The zero-order valence-corrected chi connectivity index (χ0v) is 10.6. The molecule has 2 aromatic rings. The van der Waals surface area contributed by atoms with Gasteiger partial charge in [-0.3, -0.25) is 9.67 Å². The second-order valence-electron chi connectivity index (χ2n) is 3.79. The van der Waals surface area contributed by atoms with Gasteiger partial charge in [0.25, 0.3) is 0 Å². The van der Waals surface area contributed by atoms with Gasteiger partial charge in [-0.15, -0.1) is 0 Å². The van der Waals surface area contributed by atoms with E-state index in [4.69, 9.17) is 16.3 Å². The van der Waals surface area contributed by atoms with Gasteiger partial charge < -0.3 is 4.74 Å². The van der Waals surface area contributed by atoms with Gasteiger partial charge in [0.2, 0.25) is 0 Å².